The number of nitrogens with two attached hydrogens (primary N) is 1. The quantitative estimate of drug-likeness (QED) is 0.418. The van der Waals surface area contributed by atoms with Gasteiger partial charge < -0.3 is 20.6 Å². The van der Waals surface area contributed by atoms with Crippen LogP contribution in [0, 0.1) is 0 Å². The minimum Gasteiger partial charge on any atom is -0.497 e. The molecule has 0 unspecified atom stereocenters. The Bertz CT molecular complexity index is 1040. The van der Waals surface area contributed by atoms with Crippen LogP contribution in [-0.4, -0.2) is 40.8 Å². The molecule has 0 aliphatic heterocycles. The lowest BCUT2D eigenvalue weighted by Crippen LogP contribution is -2.17. The summed E-state index contributed by atoms with van der Waals surface area (Å²) in [5, 5.41) is 11.7. The molecule has 0 spiro atoms. The van der Waals surface area contributed by atoms with Crippen molar-refractivity contribution in [1.82, 2.24) is 14.9 Å². The Kier molecular flexibility index (Phi) is 6.83. The summed E-state index contributed by atoms with van der Waals surface area (Å²) in [6.07, 6.45) is 0. The molecule has 3 aromatic rings. The van der Waals surface area contributed by atoms with Crippen LogP contribution < -0.4 is 20.6 Å². The van der Waals surface area contributed by atoms with Crippen LogP contribution in [0.5, 0.6) is 11.5 Å². The van der Waals surface area contributed by atoms with Gasteiger partial charge in [-0.05, 0) is 29.7 Å². The van der Waals surface area contributed by atoms with Gasteiger partial charge in [0.25, 0.3) is 0 Å². The van der Waals surface area contributed by atoms with Crippen molar-refractivity contribution in [3.05, 3.63) is 48.0 Å². The van der Waals surface area contributed by atoms with Gasteiger partial charge in [-0.25, -0.2) is 4.68 Å². The van der Waals surface area contributed by atoms with Crippen LogP contribution in [-0.2, 0) is 4.79 Å². The molecule has 0 atom stereocenters. The Hall–Kier alpha value is -3.20. The average molecular weight is 428 g/mol. The minimum absolute atomic E-state index is 0.139. The van der Waals surface area contributed by atoms with Gasteiger partial charge >= 0.3 is 0 Å². The third kappa shape index (κ3) is 4.68. The number of methoxy groups -OCH3 is 2. The number of benzene rings is 2. The van der Waals surface area contributed by atoms with E-state index in [-0.39, 0.29) is 11.7 Å². The molecule has 3 rings (SSSR count). The highest BCUT2D eigenvalue weighted by molar-refractivity contribution is 7.99. The van der Waals surface area contributed by atoms with Gasteiger partial charge in [0.15, 0.2) is 5.82 Å². The molecule has 2 aromatic carbocycles. The number of nitrogens with zero attached hydrogens (tertiary/aromatic N) is 3. The number of amides is 1. The topological polar surface area (TPSA) is 104 Å². The van der Waals surface area contributed by atoms with Gasteiger partial charge in [0.1, 0.15) is 11.5 Å². The molecule has 0 aliphatic carbocycles. The van der Waals surface area contributed by atoms with Crippen LogP contribution in [0.1, 0.15) is 25.3 Å². The van der Waals surface area contributed by atoms with Crippen molar-refractivity contribution in [2.75, 3.05) is 31.1 Å². The fourth-order valence-electron chi connectivity index (χ4n) is 2.97. The molecule has 0 saturated heterocycles. The van der Waals surface area contributed by atoms with Gasteiger partial charge in [-0.3, -0.25) is 4.79 Å². The fourth-order valence-corrected chi connectivity index (χ4v) is 3.63. The molecule has 0 bridgehead atoms. The predicted octanol–water partition coefficient (Wildman–Crippen LogP) is 3.53. The number of aromatic nitrogens is 3. The number of hydrogen-bond acceptors (Lipinski definition) is 7. The Morgan fingerprint density at radius 3 is 2.63 bits per heavy atom. The second-order valence-corrected chi connectivity index (χ2v) is 7.76. The number of rotatable bonds is 8. The highest BCUT2D eigenvalue weighted by Crippen LogP contribution is 2.33. The molecule has 30 heavy (non-hydrogen) atoms. The zero-order valence-electron chi connectivity index (χ0n) is 17.4. The van der Waals surface area contributed by atoms with Crippen molar-refractivity contribution in [2.45, 2.75) is 24.9 Å². The lowest BCUT2D eigenvalue weighted by atomic mass is 10.0. The van der Waals surface area contributed by atoms with Crippen molar-refractivity contribution in [3.63, 3.8) is 0 Å². The van der Waals surface area contributed by atoms with E-state index in [1.165, 1.54) is 16.4 Å². The largest absolute Gasteiger partial charge is 0.497 e. The van der Waals surface area contributed by atoms with Crippen molar-refractivity contribution in [1.29, 1.82) is 0 Å². The molecule has 1 aromatic heterocycles. The van der Waals surface area contributed by atoms with E-state index in [1.54, 1.807) is 32.4 Å². The molecular formula is C21H25N5O3S. The molecule has 1 amide bonds. The van der Waals surface area contributed by atoms with Crippen LogP contribution in [0.3, 0.4) is 0 Å². The highest BCUT2D eigenvalue weighted by atomic mass is 32.2. The second-order valence-electron chi connectivity index (χ2n) is 6.82. The molecule has 0 radical (unpaired) electrons. The zero-order chi connectivity index (χ0) is 21.7. The normalized spacial score (nSPS) is 10.8. The molecule has 158 valence electrons. The molecule has 3 N–H and O–H groups in total. The Labute approximate surface area is 179 Å². The van der Waals surface area contributed by atoms with Crippen molar-refractivity contribution in [2.24, 2.45) is 0 Å². The van der Waals surface area contributed by atoms with Gasteiger partial charge in [-0.1, -0.05) is 43.8 Å². The number of nitrogens with one attached hydrogen (secondary N) is 1. The summed E-state index contributed by atoms with van der Waals surface area (Å²) >= 11 is 1.21. The van der Waals surface area contributed by atoms with Gasteiger partial charge in [0, 0.05) is 11.8 Å². The Balaban J connectivity index is 1.71. The first-order valence-electron chi connectivity index (χ1n) is 9.39. The minimum atomic E-state index is -0.139. The van der Waals surface area contributed by atoms with Crippen LogP contribution in [0.4, 0.5) is 5.69 Å². The zero-order valence-corrected chi connectivity index (χ0v) is 18.2. The first-order valence-corrected chi connectivity index (χ1v) is 10.4. The molecule has 0 saturated carbocycles. The van der Waals surface area contributed by atoms with E-state index in [2.05, 4.69) is 29.4 Å². The third-order valence-electron chi connectivity index (χ3n) is 4.50. The number of para-hydroxylation sites is 1. The molecule has 9 heteroatoms. The maximum absolute atomic E-state index is 12.5. The van der Waals surface area contributed by atoms with E-state index in [9.17, 15) is 4.79 Å². The number of hydrogen-bond donors (Lipinski definition) is 2. The van der Waals surface area contributed by atoms with Crippen molar-refractivity contribution < 1.29 is 14.3 Å². The molecular weight excluding hydrogens is 402 g/mol. The molecule has 8 nitrogen and oxygen atoms in total. The van der Waals surface area contributed by atoms with E-state index in [1.807, 2.05) is 24.3 Å². The molecule has 0 aliphatic rings. The van der Waals surface area contributed by atoms with Gasteiger partial charge in [-0.15, -0.1) is 10.2 Å². The van der Waals surface area contributed by atoms with Crippen LogP contribution >= 0.6 is 11.8 Å². The van der Waals surface area contributed by atoms with E-state index in [4.69, 9.17) is 15.3 Å². The van der Waals surface area contributed by atoms with Crippen molar-refractivity contribution in [3.8, 4) is 22.9 Å². The van der Waals surface area contributed by atoms with Crippen LogP contribution in [0.25, 0.3) is 11.4 Å². The maximum Gasteiger partial charge on any atom is 0.234 e. The predicted molar refractivity (Wildman–Crippen MR) is 119 cm³/mol. The smallest absolute Gasteiger partial charge is 0.234 e. The van der Waals surface area contributed by atoms with E-state index in [0.717, 1.165) is 11.3 Å². The fraction of sp³-hybridized carbons (Fsp3) is 0.286. The number of ether oxygens (including phenoxy) is 2. The Morgan fingerprint density at radius 1 is 1.17 bits per heavy atom. The summed E-state index contributed by atoms with van der Waals surface area (Å²) in [5.41, 5.74) is 2.58. The first-order chi connectivity index (χ1) is 14.4. The van der Waals surface area contributed by atoms with Crippen molar-refractivity contribution >= 4 is 23.4 Å². The number of carbonyl (C=O) groups is 1. The average Bonchev–Trinajstić information content (AvgIpc) is 3.12. The summed E-state index contributed by atoms with van der Waals surface area (Å²) in [7, 11) is 3.14. The van der Waals surface area contributed by atoms with Gasteiger partial charge in [0.2, 0.25) is 11.1 Å². The maximum atomic E-state index is 12.5. The summed E-state index contributed by atoms with van der Waals surface area (Å²) in [6, 6.07) is 13.1. The lowest BCUT2D eigenvalue weighted by molar-refractivity contribution is -0.113. The summed E-state index contributed by atoms with van der Waals surface area (Å²) in [6.45, 7) is 4.18. The molecule has 0 fully saturated rings. The van der Waals surface area contributed by atoms with Crippen LogP contribution in [0.2, 0.25) is 0 Å². The Morgan fingerprint density at radius 2 is 1.93 bits per heavy atom. The SMILES string of the molecule is COc1ccc(-c2nnc(SCC(=O)Nc3ccccc3C(C)C)n2N)c(OC)c1. The van der Waals surface area contributed by atoms with Crippen LogP contribution in [0.15, 0.2) is 47.6 Å². The van der Waals surface area contributed by atoms with Gasteiger partial charge in [-0.2, -0.15) is 0 Å². The van der Waals surface area contributed by atoms with Gasteiger partial charge in [0.05, 0.1) is 25.5 Å². The standard InChI is InChI=1S/C21H25N5O3S/c1-13(2)15-7-5-6-8-17(15)23-19(27)12-30-21-25-24-20(26(21)22)16-10-9-14(28-3)11-18(16)29-4/h5-11,13H,12,22H2,1-4H3,(H,23,27). The number of nitrogen functional groups attached to an aromatic ring is 1. The summed E-state index contributed by atoms with van der Waals surface area (Å²) in [5.74, 6) is 8.16. The highest BCUT2D eigenvalue weighted by Gasteiger charge is 2.18. The monoisotopic (exact) mass is 427 g/mol. The molecule has 1 heterocycles. The number of carbonyl (C=O) groups excluding carboxylic acids is 1. The number of thioether (sulfide) groups is 1. The first kappa shape index (κ1) is 21.5. The lowest BCUT2D eigenvalue weighted by Gasteiger charge is -2.13. The van der Waals surface area contributed by atoms with E-state index >= 15 is 0 Å². The third-order valence-corrected chi connectivity index (χ3v) is 5.45. The summed E-state index contributed by atoms with van der Waals surface area (Å²) in [4.78, 5) is 12.5. The number of anilines is 1. The second kappa shape index (κ2) is 9.53. The summed E-state index contributed by atoms with van der Waals surface area (Å²) < 4.78 is 12.0. The van der Waals surface area contributed by atoms with E-state index < -0.39 is 0 Å². The van der Waals surface area contributed by atoms with E-state index in [0.29, 0.717) is 34.0 Å².